The second-order valence-corrected chi connectivity index (χ2v) is 5.22. The molecule has 0 radical (unpaired) electrons. The second kappa shape index (κ2) is 4.11. The van der Waals surface area contributed by atoms with Crippen LogP contribution in [0.2, 0.25) is 0 Å². The van der Waals surface area contributed by atoms with Crippen molar-refractivity contribution in [3.8, 4) is 11.6 Å². The highest BCUT2D eigenvalue weighted by Crippen LogP contribution is 2.35. The van der Waals surface area contributed by atoms with E-state index in [4.69, 9.17) is 10.3 Å². The second-order valence-electron chi connectivity index (χ2n) is 5.22. The van der Waals surface area contributed by atoms with Crippen LogP contribution in [0.5, 0.6) is 0 Å². The molecular formula is C13H14N6O. The summed E-state index contributed by atoms with van der Waals surface area (Å²) in [6, 6.07) is 0. The van der Waals surface area contributed by atoms with Crippen LogP contribution in [-0.2, 0) is 5.54 Å². The van der Waals surface area contributed by atoms with E-state index < -0.39 is 5.54 Å². The number of rotatable bonds is 2. The van der Waals surface area contributed by atoms with Gasteiger partial charge in [0.15, 0.2) is 17.2 Å². The molecule has 3 heterocycles. The van der Waals surface area contributed by atoms with Gasteiger partial charge in [0.05, 0.1) is 5.54 Å². The summed E-state index contributed by atoms with van der Waals surface area (Å²) in [6.45, 7) is 0. The average Bonchev–Trinajstić information content (AvgIpc) is 3.18. The minimum absolute atomic E-state index is 0.369. The van der Waals surface area contributed by atoms with Crippen molar-refractivity contribution in [2.75, 3.05) is 0 Å². The van der Waals surface area contributed by atoms with Gasteiger partial charge in [-0.05, 0) is 12.8 Å². The lowest BCUT2D eigenvalue weighted by molar-refractivity contribution is 0.372. The molecule has 4 rings (SSSR count). The minimum Gasteiger partial charge on any atom is -0.332 e. The molecule has 102 valence electrons. The predicted octanol–water partition coefficient (Wildman–Crippen LogP) is 1.51. The number of hydrogen-bond donors (Lipinski definition) is 1. The van der Waals surface area contributed by atoms with Crippen molar-refractivity contribution in [1.29, 1.82) is 0 Å². The first-order valence-corrected chi connectivity index (χ1v) is 6.67. The molecule has 0 unspecified atom stereocenters. The summed E-state index contributed by atoms with van der Waals surface area (Å²) >= 11 is 0. The lowest BCUT2D eigenvalue weighted by Gasteiger charge is -2.17. The molecule has 0 aliphatic heterocycles. The van der Waals surface area contributed by atoms with E-state index in [1.54, 1.807) is 12.4 Å². The Hall–Kier alpha value is -2.28. The average molecular weight is 270 g/mol. The summed E-state index contributed by atoms with van der Waals surface area (Å²) in [5.41, 5.74) is 7.16. The van der Waals surface area contributed by atoms with Gasteiger partial charge in [-0.1, -0.05) is 18.0 Å². The number of aromatic nitrogens is 5. The maximum absolute atomic E-state index is 6.34. The van der Waals surface area contributed by atoms with Crippen molar-refractivity contribution in [2.24, 2.45) is 5.73 Å². The Labute approximate surface area is 114 Å². The number of imidazole rings is 1. The number of nitrogens with two attached hydrogens (primary N) is 1. The van der Waals surface area contributed by atoms with Gasteiger partial charge < -0.3 is 14.7 Å². The molecule has 20 heavy (non-hydrogen) atoms. The molecule has 0 saturated heterocycles. The SMILES string of the molecule is NC1(c2noc(-c3nccn4ccnc34)n2)CCCC1. The molecule has 0 amide bonds. The number of hydrogen-bond acceptors (Lipinski definition) is 6. The predicted molar refractivity (Wildman–Crippen MR) is 70.6 cm³/mol. The molecule has 3 aromatic rings. The molecule has 0 bridgehead atoms. The van der Waals surface area contributed by atoms with Crippen LogP contribution in [0.25, 0.3) is 17.2 Å². The van der Waals surface area contributed by atoms with E-state index >= 15 is 0 Å². The van der Waals surface area contributed by atoms with Gasteiger partial charge in [-0.2, -0.15) is 4.98 Å². The zero-order chi connectivity index (χ0) is 13.6. The molecule has 0 atom stereocenters. The lowest BCUT2D eigenvalue weighted by atomic mass is 9.99. The van der Waals surface area contributed by atoms with Crippen molar-refractivity contribution in [3.05, 3.63) is 30.6 Å². The molecular weight excluding hydrogens is 256 g/mol. The molecule has 7 heteroatoms. The molecule has 1 saturated carbocycles. The highest BCUT2D eigenvalue weighted by molar-refractivity contribution is 5.66. The third-order valence-electron chi connectivity index (χ3n) is 3.88. The Morgan fingerprint density at radius 3 is 2.70 bits per heavy atom. The molecule has 1 fully saturated rings. The summed E-state index contributed by atoms with van der Waals surface area (Å²) in [6.07, 6.45) is 11.1. The third kappa shape index (κ3) is 1.63. The van der Waals surface area contributed by atoms with E-state index in [-0.39, 0.29) is 0 Å². The normalized spacial score (nSPS) is 17.9. The summed E-state index contributed by atoms with van der Waals surface area (Å²) in [5.74, 6) is 0.939. The summed E-state index contributed by atoms with van der Waals surface area (Å²) in [7, 11) is 0. The maximum Gasteiger partial charge on any atom is 0.280 e. The highest BCUT2D eigenvalue weighted by Gasteiger charge is 2.36. The van der Waals surface area contributed by atoms with Crippen molar-refractivity contribution in [2.45, 2.75) is 31.2 Å². The van der Waals surface area contributed by atoms with Crippen LogP contribution in [0.15, 0.2) is 29.3 Å². The van der Waals surface area contributed by atoms with Crippen LogP contribution in [0, 0.1) is 0 Å². The van der Waals surface area contributed by atoms with E-state index in [1.807, 2.05) is 16.8 Å². The van der Waals surface area contributed by atoms with E-state index in [1.165, 1.54) is 0 Å². The largest absolute Gasteiger partial charge is 0.332 e. The third-order valence-corrected chi connectivity index (χ3v) is 3.88. The van der Waals surface area contributed by atoms with Crippen molar-refractivity contribution < 1.29 is 4.52 Å². The zero-order valence-electron chi connectivity index (χ0n) is 10.9. The molecule has 7 nitrogen and oxygen atoms in total. The summed E-state index contributed by atoms with van der Waals surface area (Å²) in [5, 5.41) is 4.05. The van der Waals surface area contributed by atoms with Gasteiger partial charge in [0, 0.05) is 24.8 Å². The highest BCUT2D eigenvalue weighted by atomic mass is 16.5. The topological polar surface area (TPSA) is 95.1 Å². The number of fused-ring (bicyclic) bond motifs is 1. The van der Waals surface area contributed by atoms with Crippen LogP contribution >= 0.6 is 0 Å². The van der Waals surface area contributed by atoms with Crippen LogP contribution in [0.3, 0.4) is 0 Å². The Kier molecular flexibility index (Phi) is 2.37. The molecule has 1 aliphatic carbocycles. The van der Waals surface area contributed by atoms with Gasteiger partial charge in [0.25, 0.3) is 5.89 Å². The Bertz CT molecular complexity index is 755. The lowest BCUT2D eigenvalue weighted by Crippen LogP contribution is -2.34. The molecule has 3 aromatic heterocycles. The Balaban J connectivity index is 1.80. The fourth-order valence-corrected chi connectivity index (χ4v) is 2.76. The summed E-state index contributed by atoms with van der Waals surface area (Å²) < 4.78 is 7.21. The first-order valence-electron chi connectivity index (χ1n) is 6.67. The van der Waals surface area contributed by atoms with Gasteiger partial charge in [-0.15, -0.1) is 0 Å². The quantitative estimate of drug-likeness (QED) is 0.758. The van der Waals surface area contributed by atoms with Gasteiger partial charge in [0.1, 0.15) is 0 Å². The Morgan fingerprint density at radius 2 is 1.90 bits per heavy atom. The van der Waals surface area contributed by atoms with Crippen molar-refractivity contribution >= 4 is 5.65 Å². The molecule has 0 aromatic carbocycles. The van der Waals surface area contributed by atoms with Crippen LogP contribution in [-0.4, -0.2) is 24.5 Å². The molecule has 1 aliphatic rings. The van der Waals surface area contributed by atoms with Gasteiger partial charge >= 0.3 is 0 Å². The molecule has 0 spiro atoms. The first-order chi connectivity index (χ1) is 9.76. The van der Waals surface area contributed by atoms with E-state index in [0.29, 0.717) is 23.1 Å². The zero-order valence-corrected chi connectivity index (χ0v) is 10.9. The van der Waals surface area contributed by atoms with Gasteiger partial charge in [-0.25, -0.2) is 9.97 Å². The van der Waals surface area contributed by atoms with Crippen LogP contribution < -0.4 is 5.73 Å². The minimum atomic E-state index is -0.456. The monoisotopic (exact) mass is 270 g/mol. The van der Waals surface area contributed by atoms with Crippen molar-refractivity contribution in [3.63, 3.8) is 0 Å². The van der Waals surface area contributed by atoms with Crippen molar-refractivity contribution in [1.82, 2.24) is 24.5 Å². The van der Waals surface area contributed by atoms with Crippen LogP contribution in [0.1, 0.15) is 31.5 Å². The van der Waals surface area contributed by atoms with Gasteiger partial charge in [0.2, 0.25) is 0 Å². The standard InChI is InChI=1S/C13H14N6O/c14-13(3-1-2-4-13)12-17-11(20-18-12)9-10-16-6-8-19(10)7-5-15-9/h5-8H,1-4,14H2. The van der Waals surface area contributed by atoms with Crippen LogP contribution in [0.4, 0.5) is 0 Å². The fourth-order valence-electron chi connectivity index (χ4n) is 2.76. The van der Waals surface area contributed by atoms with E-state index in [9.17, 15) is 0 Å². The fraction of sp³-hybridized carbons (Fsp3) is 0.385. The Morgan fingerprint density at radius 1 is 1.15 bits per heavy atom. The van der Waals surface area contributed by atoms with E-state index in [2.05, 4.69) is 20.1 Å². The van der Waals surface area contributed by atoms with E-state index in [0.717, 1.165) is 25.7 Å². The summed E-state index contributed by atoms with van der Waals surface area (Å²) in [4.78, 5) is 13.0. The first kappa shape index (κ1) is 11.5. The molecule has 2 N–H and O–H groups in total. The maximum atomic E-state index is 6.34. The number of nitrogens with zero attached hydrogens (tertiary/aromatic N) is 5. The smallest absolute Gasteiger partial charge is 0.280 e. The van der Waals surface area contributed by atoms with Gasteiger partial charge in [-0.3, -0.25) is 0 Å².